The van der Waals surface area contributed by atoms with E-state index in [-0.39, 0.29) is 11.2 Å². The van der Waals surface area contributed by atoms with Gasteiger partial charge in [-0.2, -0.15) is 0 Å². The van der Waals surface area contributed by atoms with Crippen LogP contribution in [0.1, 0.15) is 5.56 Å². The van der Waals surface area contributed by atoms with Gasteiger partial charge < -0.3 is 10.3 Å². The number of nitrogens with one attached hydrogen (secondary N) is 2. The number of benzene rings is 2. The van der Waals surface area contributed by atoms with Crippen molar-refractivity contribution in [1.82, 2.24) is 10.3 Å². The first-order valence-corrected chi connectivity index (χ1v) is 8.00. The Morgan fingerprint density at radius 2 is 1.90 bits per heavy atom. The van der Waals surface area contributed by atoms with Gasteiger partial charge in [-0.05, 0) is 30.2 Å². The molecule has 0 spiro atoms. The SMILES string of the molecule is O=C1NC(=S)SC1Cc1ccc2[nH]c3ccccc3c2c1. The third kappa shape index (κ3) is 2.22. The maximum atomic E-state index is 11.8. The summed E-state index contributed by atoms with van der Waals surface area (Å²) >= 11 is 6.48. The number of thioether (sulfide) groups is 1. The second kappa shape index (κ2) is 4.86. The smallest absolute Gasteiger partial charge is 0.239 e. The van der Waals surface area contributed by atoms with Crippen LogP contribution in [0.4, 0.5) is 0 Å². The number of fused-ring (bicyclic) bond motifs is 3. The lowest BCUT2D eigenvalue weighted by atomic mass is 10.1. The molecule has 0 radical (unpaired) electrons. The number of amides is 1. The molecule has 4 rings (SSSR count). The fraction of sp³-hybridized carbons (Fsp3) is 0.125. The third-order valence-electron chi connectivity index (χ3n) is 3.76. The van der Waals surface area contributed by atoms with Gasteiger partial charge in [0.25, 0.3) is 0 Å². The van der Waals surface area contributed by atoms with Crippen molar-refractivity contribution in [1.29, 1.82) is 0 Å². The van der Waals surface area contributed by atoms with E-state index in [9.17, 15) is 4.79 Å². The summed E-state index contributed by atoms with van der Waals surface area (Å²) in [5.74, 6) is 0.0176. The molecule has 1 unspecified atom stereocenters. The van der Waals surface area contributed by atoms with Gasteiger partial charge >= 0.3 is 0 Å². The number of aromatic amines is 1. The topological polar surface area (TPSA) is 44.9 Å². The lowest BCUT2D eigenvalue weighted by Crippen LogP contribution is -2.25. The minimum Gasteiger partial charge on any atom is -0.355 e. The highest BCUT2D eigenvalue weighted by molar-refractivity contribution is 8.24. The molecule has 21 heavy (non-hydrogen) atoms. The number of hydrogen-bond donors (Lipinski definition) is 2. The second-order valence-electron chi connectivity index (χ2n) is 5.14. The van der Waals surface area contributed by atoms with Gasteiger partial charge in [-0.25, -0.2) is 0 Å². The maximum Gasteiger partial charge on any atom is 0.239 e. The minimum atomic E-state index is -0.111. The van der Waals surface area contributed by atoms with Crippen molar-refractivity contribution in [3.05, 3.63) is 48.0 Å². The molecule has 0 aliphatic carbocycles. The summed E-state index contributed by atoms with van der Waals surface area (Å²) in [6.45, 7) is 0. The molecule has 1 atom stereocenters. The lowest BCUT2D eigenvalue weighted by Gasteiger charge is -2.05. The molecule has 3 aromatic rings. The van der Waals surface area contributed by atoms with E-state index in [4.69, 9.17) is 12.2 Å². The van der Waals surface area contributed by atoms with E-state index in [1.165, 1.54) is 22.5 Å². The summed E-state index contributed by atoms with van der Waals surface area (Å²) in [5, 5.41) is 5.01. The molecule has 1 amide bonds. The zero-order valence-electron chi connectivity index (χ0n) is 11.1. The first kappa shape index (κ1) is 12.9. The number of aromatic nitrogens is 1. The maximum absolute atomic E-state index is 11.8. The Balaban J connectivity index is 1.74. The molecule has 2 heterocycles. The molecule has 1 fully saturated rings. The third-order valence-corrected chi connectivity index (χ3v) is 5.13. The molecular weight excluding hydrogens is 300 g/mol. The molecule has 104 valence electrons. The number of rotatable bonds is 2. The molecule has 0 saturated carbocycles. The Morgan fingerprint density at radius 3 is 2.71 bits per heavy atom. The zero-order chi connectivity index (χ0) is 14.4. The van der Waals surface area contributed by atoms with Crippen LogP contribution in [-0.2, 0) is 11.2 Å². The number of carbonyl (C=O) groups excluding carboxylic acids is 1. The van der Waals surface area contributed by atoms with Crippen molar-refractivity contribution in [2.75, 3.05) is 0 Å². The van der Waals surface area contributed by atoms with Crippen LogP contribution in [-0.4, -0.2) is 20.5 Å². The number of thiocarbonyl (C=S) groups is 1. The monoisotopic (exact) mass is 312 g/mol. The van der Waals surface area contributed by atoms with E-state index in [1.54, 1.807) is 0 Å². The van der Waals surface area contributed by atoms with Crippen molar-refractivity contribution in [2.24, 2.45) is 0 Å². The van der Waals surface area contributed by atoms with Crippen LogP contribution in [0.3, 0.4) is 0 Å². The molecule has 1 saturated heterocycles. The van der Waals surface area contributed by atoms with Crippen LogP contribution >= 0.6 is 24.0 Å². The van der Waals surface area contributed by atoms with Crippen molar-refractivity contribution >= 4 is 56.0 Å². The predicted molar refractivity (Wildman–Crippen MR) is 91.6 cm³/mol. The Bertz CT molecular complexity index is 884. The summed E-state index contributed by atoms with van der Waals surface area (Å²) in [6, 6.07) is 14.6. The summed E-state index contributed by atoms with van der Waals surface area (Å²) < 4.78 is 0.582. The predicted octanol–water partition coefficient (Wildman–Crippen LogP) is 3.38. The number of para-hydroxylation sites is 1. The van der Waals surface area contributed by atoms with Gasteiger partial charge in [-0.3, -0.25) is 4.79 Å². The van der Waals surface area contributed by atoms with Gasteiger partial charge in [0.1, 0.15) is 4.32 Å². The van der Waals surface area contributed by atoms with Gasteiger partial charge in [0.2, 0.25) is 5.91 Å². The van der Waals surface area contributed by atoms with Crippen LogP contribution in [0, 0.1) is 0 Å². The van der Waals surface area contributed by atoms with Crippen LogP contribution in [0.2, 0.25) is 0 Å². The molecule has 5 heteroatoms. The van der Waals surface area contributed by atoms with E-state index in [0.717, 1.165) is 16.6 Å². The first-order chi connectivity index (χ1) is 10.2. The first-order valence-electron chi connectivity index (χ1n) is 6.71. The summed E-state index contributed by atoms with van der Waals surface area (Å²) in [7, 11) is 0. The standard InChI is InChI=1S/C16H12N2OS2/c19-15-14(21-16(20)18-15)8-9-5-6-13-11(7-9)10-3-1-2-4-12(10)17-13/h1-7,14,17H,8H2,(H,18,19,20). The molecule has 2 aromatic carbocycles. The van der Waals surface area contributed by atoms with E-state index < -0.39 is 0 Å². The minimum absolute atomic E-state index is 0.0176. The Labute approximate surface area is 131 Å². The summed E-state index contributed by atoms with van der Waals surface area (Å²) in [6.07, 6.45) is 0.700. The Morgan fingerprint density at radius 1 is 1.10 bits per heavy atom. The quantitative estimate of drug-likeness (QED) is 0.713. The van der Waals surface area contributed by atoms with Crippen molar-refractivity contribution < 1.29 is 4.79 Å². The normalized spacial score (nSPS) is 18.6. The zero-order valence-corrected chi connectivity index (χ0v) is 12.7. The molecule has 0 bridgehead atoms. The van der Waals surface area contributed by atoms with Crippen molar-refractivity contribution in [3.8, 4) is 0 Å². The van der Waals surface area contributed by atoms with E-state index in [0.29, 0.717) is 10.7 Å². The highest BCUT2D eigenvalue weighted by Gasteiger charge is 2.29. The fourth-order valence-electron chi connectivity index (χ4n) is 2.76. The van der Waals surface area contributed by atoms with Crippen LogP contribution in [0.5, 0.6) is 0 Å². The summed E-state index contributed by atoms with van der Waals surface area (Å²) in [4.78, 5) is 15.2. The molecule has 3 nitrogen and oxygen atoms in total. The van der Waals surface area contributed by atoms with Crippen LogP contribution < -0.4 is 5.32 Å². The average molecular weight is 312 g/mol. The summed E-state index contributed by atoms with van der Waals surface area (Å²) in [5.41, 5.74) is 3.42. The average Bonchev–Trinajstić information content (AvgIpc) is 2.99. The van der Waals surface area contributed by atoms with Gasteiger partial charge in [0, 0.05) is 21.8 Å². The highest BCUT2D eigenvalue weighted by Crippen LogP contribution is 2.28. The molecule has 1 aliphatic rings. The van der Waals surface area contributed by atoms with E-state index in [2.05, 4.69) is 40.6 Å². The van der Waals surface area contributed by atoms with Crippen molar-refractivity contribution in [3.63, 3.8) is 0 Å². The number of hydrogen-bond acceptors (Lipinski definition) is 3. The van der Waals surface area contributed by atoms with Gasteiger partial charge in [-0.1, -0.05) is 48.2 Å². The Kier molecular flexibility index (Phi) is 2.97. The van der Waals surface area contributed by atoms with Crippen LogP contribution in [0.15, 0.2) is 42.5 Å². The van der Waals surface area contributed by atoms with E-state index >= 15 is 0 Å². The molecule has 1 aliphatic heterocycles. The highest BCUT2D eigenvalue weighted by atomic mass is 32.2. The lowest BCUT2D eigenvalue weighted by molar-refractivity contribution is -0.118. The van der Waals surface area contributed by atoms with Gasteiger partial charge in [-0.15, -0.1) is 0 Å². The number of carbonyl (C=O) groups is 1. The molecular formula is C16H12N2OS2. The molecule has 2 N–H and O–H groups in total. The molecule has 1 aromatic heterocycles. The van der Waals surface area contributed by atoms with Crippen molar-refractivity contribution in [2.45, 2.75) is 11.7 Å². The van der Waals surface area contributed by atoms with Gasteiger partial charge in [0.15, 0.2) is 0 Å². The number of H-pyrrole nitrogens is 1. The second-order valence-corrected chi connectivity index (χ2v) is 7.02. The van der Waals surface area contributed by atoms with Gasteiger partial charge in [0.05, 0.1) is 5.25 Å². The fourth-order valence-corrected chi connectivity index (χ4v) is 4.07. The largest absolute Gasteiger partial charge is 0.355 e. The Hall–Kier alpha value is -1.85. The van der Waals surface area contributed by atoms with E-state index in [1.807, 2.05) is 12.1 Å². The van der Waals surface area contributed by atoms with Crippen LogP contribution in [0.25, 0.3) is 21.8 Å².